The fourth-order valence-corrected chi connectivity index (χ4v) is 1.70. The predicted octanol–water partition coefficient (Wildman–Crippen LogP) is 1.76. The highest BCUT2D eigenvalue weighted by Gasteiger charge is 2.15. The van der Waals surface area contributed by atoms with Gasteiger partial charge in [0.15, 0.2) is 0 Å². The molecule has 2 N–H and O–H groups in total. The molecular formula is C13H18N2O3. The van der Waals surface area contributed by atoms with Crippen molar-refractivity contribution >= 4 is 11.9 Å². The van der Waals surface area contributed by atoms with Crippen molar-refractivity contribution < 1.29 is 14.7 Å². The molecule has 2 atom stereocenters. The van der Waals surface area contributed by atoms with Crippen molar-refractivity contribution in [2.45, 2.75) is 32.7 Å². The average molecular weight is 250 g/mol. The number of hydrogen-bond acceptors (Lipinski definition) is 3. The van der Waals surface area contributed by atoms with Crippen LogP contribution in [-0.4, -0.2) is 22.0 Å². The zero-order valence-corrected chi connectivity index (χ0v) is 10.6. The minimum atomic E-state index is -0.879. The topological polar surface area (TPSA) is 79.3 Å². The van der Waals surface area contributed by atoms with Gasteiger partial charge < -0.3 is 10.4 Å². The molecule has 1 rings (SSSR count). The van der Waals surface area contributed by atoms with Gasteiger partial charge in [0.25, 0.3) is 0 Å². The minimum Gasteiger partial charge on any atom is -0.481 e. The van der Waals surface area contributed by atoms with Gasteiger partial charge in [-0.1, -0.05) is 13.0 Å². The first-order valence-corrected chi connectivity index (χ1v) is 5.90. The summed E-state index contributed by atoms with van der Waals surface area (Å²) in [6.45, 7) is 3.62. The summed E-state index contributed by atoms with van der Waals surface area (Å²) in [5.74, 6) is -1.18. The van der Waals surface area contributed by atoms with Crippen LogP contribution in [0.5, 0.6) is 0 Å². The molecular weight excluding hydrogens is 232 g/mol. The first-order chi connectivity index (χ1) is 8.49. The third-order valence-corrected chi connectivity index (χ3v) is 2.62. The van der Waals surface area contributed by atoms with Crippen LogP contribution < -0.4 is 5.32 Å². The van der Waals surface area contributed by atoms with Crippen LogP contribution in [0.1, 0.15) is 38.3 Å². The van der Waals surface area contributed by atoms with Gasteiger partial charge in [0.1, 0.15) is 0 Å². The van der Waals surface area contributed by atoms with Crippen molar-refractivity contribution in [2.24, 2.45) is 5.92 Å². The summed E-state index contributed by atoms with van der Waals surface area (Å²) in [6.07, 6.45) is 3.60. The van der Waals surface area contributed by atoms with E-state index in [0.717, 1.165) is 5.56 Å². The summed E-state index contributed by atoms with van der Waals surface area (Å²) in [5.41, 5.74) is 0.928. The smallest absolute Gasteiger partial charge is 0.303 e. The highest BCUT2D eigenvalue weighted by molar-refractivity contribution is 5.77. The lowest BCUT2D eigenvalue weighted by Gasteiger charge is -2.15. The number of aliphatic carboxylic acids is 1. The molecule has 0 radical (unpaired) electrons. The highest BCUT2D eigenvalue weighted by Crippen LogP contribution is 2.12. The van der Waals surface area contributed by atoms with E-state index in [-0.39, 0.29) is 30.7 Å². The van der Waals surface area contributed by atoms with Crippen molar-refractivity contribution in [3.63, 3.8) is 0 Å². The molecule has 1 amide bonds. The Hall–Kier alpha value is -1.91. The van der Waals surface area contributed by atoms with Gasteiger partial charge in [-0.3, -0.25) is 14.6 Å². The Morgan fingerprint density at radius 1 is 1.39 bits per heavy atom. The number of carbonyl (C=O) groups is 2. The van der Waals surface area contributed by atoms with Gasteiger partial charge in [0.2, 0.25) is 5.91 Å². The normalized spacial score (nSPS) is 13.7. The van der Waals surface area contributed by atoms with Crippen LogP contribution in [0.25, 0.3) is 0 Å². The molecule has 1 unspecified atom stereocenters. The summed E-state index contributed by atoms with van der Waals surface area (Å²) in [7, 11) is 0. The monoisotopic (exact) mass is 250 g/mol. The maximum Gasteiger partial charge on any atom is 0.303 e. The fourth-order valence-electron chi connectivity index (χ4n) is 1.70. The summed E-state index contributed by atoms with van der Waals surface area (Å²) in [5, 5.41) is 11.4. The van der Waals surface area contributed by atoms with Crippen molar-refractivity contribution in [3.8, 4) is 0 Å². The summed E-state index contributed by atoms with van der Waals surface area (Å²) in [6, 6.07) is 3.58. The Morgan fingerprint density at radius 3 is 2.67 bits per heavy atom. The zero-order valence-electron chi connectivity index (χ0n) is 10.6. The van der Waals surface area contributed by atoms with Crippen LogP contribution in [0.4, 0.5) is 0 Å². The lowest BCUT2D eigenvalue weighted by Crippen LogP contribution is -2.28. The van der Waals surface area contributed by atoms with E-state index in [9.17, 15) is 9.59 Å². The molecule has 0 saturated carbocycles. The molecule has 0 aliphatic heterocycles. The summed E-state index contributed by atoms with van der Waals surface area (Å²) in [4.78, 5) is 26.2. The number of carboxylic acids is 1. The maximum absolute atomic E-state index is 11.7. The van der Waals surface area contributed by atoms with Gasteiger partial charge in [-0.15, -0.1) is 0 Å². The third-order valence-electron chi connectivity index (χ3n) is 2.62. The van der Waals surface area contributed by atoms with E-state index >= 15 is 0 Å². The van der Waals surface area contributed by atoms with Crippen LogP contribution in [-0.2, 0) is 9.59 Å². The second-order valence-corrected chi connectivity index (χ2v) is 4.48. The SMILES string of the molecule is CC(CC(=O)O)CC(=O)N[C@H](C)c1cccnc1. The first-order valence-electron chi connectivity index (χ1n) is 5.90. The molecule has 0 bridgehead atoms. The molecule has 18 heavy (non-hydrogen) atoms. The van der Waals surface area contributed by atoms with E-state index in [4.69, 9.17) is 5.11 Å². The molecule has 0 saturated heterocycles. The molecule has 0 aliphatic carbocycles. The van der Waals surface area contributed by atoms with Gasteiger partial charge in [-0.2, -0.15) is 0 Å². The van der Waals surface area contributed by atoms with Crippen molar-refractivity contribution in [2.75, 3.05) is 0 Å². The van der Waals surface area contributed by atoms with Crippen LogP contribution in [0, 0.1) is 5.92 Å². The van der Waals surface area contributed by atoms with E-state index in [1.54, 1.807) is 19.3 Å². The van der Waals surface area contributed by atoms with Gasteiger partial charge in [-0.25, -0.2) is 0 Å². The lowest BCUT2D eigenvalue weighted by molar-refractivity contribution is -0.138. The number of carbonyl (C=O) groups excluding carboxylic acids is 1. The Kier molecular flexibility index (Phi) is 5.30. The van der Waals surface area contributed by atoms with Gasteiger partial charge in [0.05, 0.1) is 6.04 Å². The van der Waals surface area contributed by atoms with Crippen LogP contribution >= 0.6 is 0 Å². The van der Waals surface area contributed by atoms with Crippen molar-refractivity contribution in [1.82, 2.24) is 10.3 Å². The Labute approximate surface area is 106 Å². The van der Waals surface area contributed by atoms with Gasteiger partial charge in [0, 0.05) is 25.2 Å². The molecule has 1 aromatic heterocycles. The van der Waals surface area contributed by atoms with Gasteiger partial charge in [-0.05, 0) is 24.5 Å². The van der Waals surface area contributed by atoms with E-state index in [0.29, 0.717) is 0 Å². The Morgan fingerprint density at radius 2 is 2.11 bits per heavy atom. The number of nitrogens with zero attached hydrogens (tertiary/aromatic N) is 1. The number of nitrogens with one attached hydrogen (secondary N) is 1. The molecule has 5 heteroatoms. The van der Waals surface area contributed by atoms with E-state index < -0.39 is 5.97 Å². The number of aromatic nitrogens is 1. The third kappa shape index (κ3) is 4.95. The molecule has 0 fully saturated rings. The van der Waals surface area contributed by atoms with E-state index in [2.05, 4.69) is 10.3 Å². The second-order valence-electron chi connectivity index (χ2n) is 4.48. The number of amides is 1. The Balaban J connectivity index is 2.43. The Bertz CT molecular complexity index is 406. The maximum atomic E-state index is 11.7. The number of pyridine rings is 1. The number of hydrogen-bond donors (Lipinski definition) is 2. The molecule has 1 aromatic rings. The largest absolute Gasteiger partial charge is 0.481 e. The second kappa shape index (κ2) is 6.74. The summed E-state index contributed by atoms with van der Waals surface area (Å²) < 4.78 is 0. The van der Waals surface area contributed by atoms with Crippen molar-refractivity contribution in [1.29, 1.82) is 0 Å². The number of rotatable bonds is 6. The van der Waals surface area contributed by atoms with Crippen LogP contribution in [0.2, 0.25) is 0 Å². The van der Waals surface area contributed by atoms with Crippen LogP contribution in [0.3, 0.4) is 0 Å². The standard InChI is InChI=1S/C13H18N2O3/c1-9(7-13(17)18)6-12(16)15-10(2)11-4-3-5-14-8-11/h3-5,8-10H,6-7H2,1-2H3,(H,15,16)(H,17,18)/t9?,10-/m1/s1. The minimum absolute atomic E-state index is 0.00862. The molecule has 0 aromatic carbocycles. The van der Waals surface area contributed by atoms with Crippen molar-refractivity contribution in [3.05, 3.63) is 30.1 Å². The van der Waals surface area contributed by atoms with E-state index in [1.807, 2.05) is 19.1 Å². The fraction of sp³-hybridized carbons (Fsp3) is 0.462. The molecule has 98 valence electrons. The summed E-state index contributed by atoms with van der Waals surface area (Å²) >= 11 is 0. The zero-order chi connectivity index (χ0) is 13.5. The van der Waals surface area contributed by atoms with Gasteiger partial charge >= 0.3 is 5.97 Å². The molecule has 0 aliphatic rings. The molecule has 0 spiro atoms. The lowest BCUT2D eigenvalue weighted by atomic mass is 10.0. The predicted molar refractivity (Wildman–Crippen MR) is 66.8 cm³/mol. The van der Waals surface area contributed by atoms with E-state index in [1.165, 1.54) is 0 Å². The number of carboxylic acid groups (broad SMARTS) is 1. The van der Waals surface area contributed by atoms with Crippen LogP contribution in [0.15, 0.2) is 24.5 Å². The average Bonchev–Trinajstić information content (AvgIpc) is 2.28. The molecule has 1 heterocycles. The highest BCUT2D eigenvalue weighted by atomic mass is 16.4. The molecule has 5 nitrogen and oxygen atoms in total. The quantitative estimate of drug-likeness (QED) is 0.806. The first kappa shape index (κ1) is 14.2.